The summed E-state index contributed by atoms with van der Waals surface area (Å²) in [4.78, 5) is 12.0. The van der Waals surface area contributed by atoms with Crippen molar-refractivity contribution in [2.75, 3.05) is 0 Å². The van der Waals surface area contributed by atoms with E-state index in [1.165, 1.54) is 0 Å². The Morgan fingerprint density at radius 3 is 2.33 bits per heavy atom. The van der Waals surface area contributed by atoms with Crippen LogP contribution in [-0.2, 0) is 9.68 Å². The SMILES string of the molecule is [2H]OO[C-]=O.[Ce].[Ce]. The fourth-order valence-electron chi connectivity index (χ4n) is 0. The zero-order chi connectivity index (χ0) is 4.12. The largest absolute Gasteiger partial charge is 0.509 e. The third-order valence-electron chi connectivity index (χ3n) is 0.0340. The molecule has 0 aromatic carbocycles. The molecule has 0 fully saturated rings. The topological polar surface area (TPSA) is 46.5 Å². The van der Waals surface area contributed by atoms with Gasteiger partial charge in [0.15, 0.2) is 0 Å². The van der Waals surface area contributed by atoms with Gasteiger partial charge in [0.1, 0.15) is 0 Å². The van der Waals surface area contributed by atoms with Gasteiger partial charge >= 0.3 is 0 Å². The average molecular weight is 342 g/mol. The second-order valence-electron chi connectivity index (χ2n) is 0.167. The fraction of sp³-hybridized carbons (Fsp3) is 0. The van der Waals surface area contributed by atoms with Crippen molar-refractivity contribution >= 4 is 6.47 Å². The average Bonchev–Trinajstić information content (AvgIpc) is 1.41. The summed E-state index contributed by atoms with van der Waals surface area (Å²) >= 11 is 0. The summed E-state index contributed by atoms with van der Waals surface area (Å²) in [5.41, 5.74) is 0. The molecule has 0 spiro atoms. The van der Waals surface area contributed by atoms with Crippen LogP contribution in [0.15, 0.2) is 0 Å². The molecule has 0 saturated heterocycles. The monoisotopic (exact) mass is 342 g/mol. The maximum Gasteiger partial charge on any atom is 0.265 e. The van der Waals surface area contributed by atoms with Crippen molar-refractivity contribution in [2.45, 2.75) is 0 Å². The smallest absolute Gasteiger partial charge is 0.265 e. The zero-order valence-electron chi connectivity index (χ0n) is 3.72. The van der Waals surface area contributed by atoms with Gasteiger partial charge in [-0.05, 0) is 6.47 Å². The Hall–Kier alpha value is 2.18. The van der Waals surface area contributed by atoms with E-state index in [0.29, 0.717) is 0 Å². The summed E-state index contributed by atoms with van der Waals surface area (Å²) in [5, 5.41) is 3.02. The van der Waals surface area contributed by atoms with Crippen molar-refractivity contribution in [1.29, 1.82) is 1.43 Å². The minimum atomic E-state index is 0. The third kappa shape index (κ3) is 16.4. The van der Waals surface area contributed by atoms with E-state index in [9.17, 15) is 0 Å². The molecule has 0 heterocycles. The Bertz CT molecular complexity index is 34.1. The second-order valence-corrected chi connectivity index (χ2v) is 0.167. The van der Waals surface area contributed by atoms with E-state index in [1.54, 1.807) is 0 Å². The van der Waals surface area contributed by atoms with Crippen molar-refractivity contribution in [1.82, 2.24) is 0 Å². The van der Waals surface area contributed by atoms with E-state index in [2.05, 4.69) is 10.1 Å². The van der Waals surface area contributed by atoms with Gasteiger partial charge in [-0.3, -0.25) is 0 Å². The van der Waals surface area contributed by atoms with E-state index in [4.69, 9.17) is 6.23 Å². The minimum absolute atomic E-state index is 0. The van der Waals surface area contributed by atoms with Gasteiger partial charge in [0.05, 0.1) is 0 Å². The number of rotatable bonds is 2. The molecule has 3 nitrogen and oxygen atoms in total. The van der Waals surface area contributed by atoms with E-state index in [-0.39, 0.29) is 83.5 Å². The van der Waals surface area contributed by atoms with Gasteiger partial charge in [-0.15, -0.1) is 0 Å². The van der Waals surface area contributed by atoms with Gasteiger partial charge < -0.3 is 9.68 Å². The van der Waals surface area contributed by atoms with Crippen LogP contribution < -0.4 is 0 Å². The quantitative estimate of drug-likeness (QED) is 0.420. The summed E-state index contributed by atoms with van der Waals surface area (Å²) in [6.45, 7) is 0.858. The van der Waals surface area contributed by atoms with E-state index >= 15 is 0 Å². The summed E-state index contributed by atoms with van der Waals surface area (Å²) < 4.78 is 5.62. The molecule has 0 rings (SSSR count). The molecular weight excluding hydrogens is 340 g/mol. The van der Waals surface area contributed by atoms with Crippen LogP contribution in [-0.4, -0.2) is 11.7 Å². The molecule has 0 aliphatic carbocycles. The Balaban J connectivity index is -0.0000000800. The summed E-state index contributed by atoms with van der Waals surface area (Å²) in [5.74, 6) is 0. The van der Waals surface area contributed by atoms with Crippen LogP contribution in [0.1, 0.15) is 0 Å². The van der Waals surface area contributed by atoms with Crippen LogP contribution in [0.5, 0.6) is 0 Å². The number of carbonyl (C=O) groups excluding carboxylic acids is 1. The summed E-state index contributed by atoms with van der Waals surface area (Å²) in [6.07, 6.45) is 0. The van der Waals surface area contributed by atoms with Gasteiger partial charge in [0, 0.05) is 83.5 Å². The molecule has 32 valence electrons. The predicted octanol–water partition coefficient (Wildman–Crippen LogP) is -0.457. The minimum Gasteiger partial charge on any atom is -0.509 e. The molecule has 1 N–H and O–H groups in total. The van der Waals surface area contributed by atoms with Crippen molar-refractivity contribution in [2.24, 2.45) is 0 Å². The van der Waals surface area contributed by atoms with Crippen molar-refractivity contribution in [3.8, 4) is 0 Å². The predicted molar refractivity (Wildman–Crippen MR) is 9.41 cm³/mol. The maximum atomic E-state index is 8.81. The van der Waals surface area contributed by atoms with Crippen LogP contribution in [0, 0.1) is 83.5 Å². The molecule has 0 aromatic heterocycles. The first-order valence-electron chi connectivity index (χ1n) is 0.983. The van der Waals surface area contributed by atoms with Crippen molar-refractivity contribution < 1.29 is 98.4 Å². The molecule has 0 amide bonds. The molecule has 0 aliphatic heterocycles. The van der Waals surface area contributed by atoms with Crippen molar-refractivity contribution in [3.05, 3.63) is 0 Å². The standard InChI is InChI=1S/CHO3.2Ce/c2-1-4-3;;/h3H;;/q-1;;/i/hD. The van der Waals surface area contributed by atoms with E-state index < -0.39 is 0 Å². The molecule has 0 unspecified atom stereocenters. The first kappa shape index (κ1) is 11.0. The van der Waals surface area contributed by atoms with Gasteiger partial charge in [0.25, 0.3) is 1.43 Å². The van der Waals surface area contributed by atoms with Crippen LogP contribution in [0.25, 0.3) is 1.43 Å². The van der Waals surface area contributed by atoms with Gasteiger partial charge in [-0.25, -0.2) is 5.26 Å². The van der Waals surface area contributed by atoms with Crippen LogP contribution in [0.2, 0.25) is 0 Å². The normalized spacial score (nSPS) is 5.67. The molecule has 5 heteroatoms. The molecule has 0 saturated carbocycles. The fourth-order valence-corrected chi connectivity index (χ4v) is 0. The molecular formula is CHCe2O3-. The Labute approximate surface area is 104 Å². The summed E-state index contributed by atoms with van der Waals surface area (Å²) in [7, 11) is 0. The first-order chi connectivity index (χ1) is 2.41. The third-order valence-corrected chi connectivity index (χ3v) is 0.0340. The molecule has 0 radical (unpaired) electrons. The number of hydrogen-bond donors (Lipinski definition) is 1. The molecule has 0 atom stereocenters. The van der Waals surface area contributed by atoms with E-state index in [1.807, 2.05) is 0 Å². The van der Waals surface area contributed by atoms with Gasteiger partial charge in [-0.2, -0.15) is 0 Å². The second kappa shape index (κ2) is 15.7. The molecule has 0 aliphatic rings. The molecule has 0 bridgehead atoms. The Morgan fingerprint density at radius 1 is 1.83 bits per heavy atom. The summed E-state index contributed by atoms with van der Waals surface area (Å²) in [6, 6.07) is 0. The zero-order valence-corrected chi connectivity index (χ0v) is 9.00. The molecule has 6 heavy (non-hydrogen) atoms. The number of hydrogen-bond acceptors (Lipinski definition) is 3. The van der Waals surface area contributed by atoms with E-state index in [0.717, 1.165) is 6.47 Å². The Morgan fingerprint density at radius 2 is 2.33 bits per heavy atom. The molecule has 0 aromatic rings. The van der Waals surface area contributed by atoms with Gasteiger partial charge in [0.2, 0.25) is 0 Å². The Kier molecular flexibility index (Phi) is 28.9. The van der Waals surface area contributed by atoms with Crippen LogP contribution >= 0.6 is 0 Å². The van der Waals surface area contributed by atoms with Gasteiger partial charge in [-0.1, -0.05) is 0 Å². The maximum absolute atomic E-state index is 8.81. The first-order valence-corrected chi connectivity index (χ1v) is 0.575. The van der Waals surface area contributed by atoms with Crippen LogP contribution in [0.4, 0.5) is 0 Å². The van der Waals surface area contributed by atoms with Crippen LogP contribution in [0.3, 0.4) is 0 Å². The van der Waals surface area contributed by atoms with Crippen molar-refractivity contribution in [3.63, 3.8) is 0 Å².